The van der Waals surface area contributed by atoms with Crippen LogP contribution in [0.1, 0.15) is 6.92 Å². The van der Waals surface area contributed by atoms with Gasteiger partial charge in [0.1, 0.15) is 6.61 Å². The summed E-state index contributed by atoms with van der Waals surface area (Å²) in [6, 6.07) is 7.03. The minimum Gasteiger partial charge on any atom is -0.479 e. The molecule has 6 heteroatoms. The lowest BCUT2D eigenvalue weighted by Gasteiger charge is -2.08. The fraction of sp³-hybridized carbons (Fsp3) is 0.273. The van der Waals surface area contributed by atoms with E-state index >= 15 is 0 Å². The lowest BCUT2D eigenvalue weighted by molar-refractivity contribution is -0.150. The predicted molar refractivity (Wildman–Crippen MR) is 65.8 cm³/mol. The highest BCUT2D eigenvalue weighted by molar-refractivity contribution is 9.10. The van der Waals surface area contributed by atoms with Crippen molar-refractivity contribution in [1.29, 1.82) is 0 Å². The van der Waals surface area contributed by atoms with E-state index in [9.17, 15) is 9.59 Å². The van der Waals surface area contributed by atoms with E-state index in [2.05, 4.69) is 21.2 Å². The molecular formula is C11H12BrNO4. The number of nitrogens with one attached hydrogen (secondary N) is 1. The Kier molecular flexibility index (Phi) is 5.11. The van der Waals surface area contributed by atoms with Crippen LogP contribution in [-0.4, -0.2) is 29.7 Å². The second kappa shape index (κ2) is 6.36. The summed E-state index contributed by atoms with van der Waals surface area (Å²) in [6.45, 7) is 1.08. The highest BCUT2D eigenvalue weighted by Crippen LogP contribution is 2.13. The number of anilines is 1. The van der Waals surface area contributed by atoms with Crippen molar-refractivity contribution in [2.75, 3.05) is 11.9 Å². The first-order chi connectivity index (χ1) is 7.99. The normalized spacial score (nSPS) is 11.9. The molecule has 0 radical (unpaired) electrons. The second-order valence-corrected chi connectivity index (χ2v) is 4.26. The molecule has 0 saturated heterocycles. The molecule has 1 rings (SSSR count). The number of aliphatic carboxylic acids is 1. The fourth-order valence-electron chi connectivity index (χ4n) is 1.00. The van der Waals surface area contributed by atoms with Gasteiger partial charge in [0, 0.05) is 10.2 Å². The third-order valence-electron chi connectivity index (χ3n) is 1.94. The van der Waals surface area contributed by atoms with Crippen LogP contribution in [0, 0.1) is 0 Å². The van der Waals surface area contributed by atoms with E-state index in [1.807, 2.05) is 0 Å². The molecule has 17 heavy (non-hydrogen) atoms. The van der Waals surface area contributed by atoms with Gasteiger partial charge in [-0.05, 0) is 31.2 Å². The zero-order valence-electron chi connectivity index (χ0n) is 9.14. The van der Waals surface area contributed by atoms with Crippen molar-refractivity contribution in [3.05, 3.63) is 28.7 Å². The number of hydrogen-bond acceptors (Lipinski definition) is 3. The number of carboxylic acids is 1. The predicted octanol–water partition coefficient (Wildman–Crippen LogP) is 1.88. The Morgan fingerprint density at radius 2 is 2.00 bits per heavy atom. The van der Waals surface area contributed by atoms with Crippen LogP contribution in [-0.2, 0) is 14.3 Å². The topological polar surface area (TPSA) is 75.6 Å². The number of ether oxygens (including phenoxy) is 1. The van der Waals surface area contributed by atoms with Gasteiger partial charge in [-0.15, -0.1) is 0 Å². The van der Waals surface area contributed by atoms with Crippen molar-refractivity contribution in [2.45, 2.75) is 13.0 Å². The Labute approximate surface area is 107 Å². The van der Waals surface area contributed by atoms with Crippen LogP contribution in [0.4, 0.5) is 5.69 Å². The quantitative estimate of drug-likeness (QED) is 0.870. The van der Waals surface area contributed by atoms with Crippen molar-refractivity contribution < 1.29 is 19.4 Å². The van der Waals surface area contributed by atoms with E-state index in [1.54, 1.807) is 24.3 Å². The van der Waals surface area contributed by atoms with Crippen LogP contribution in [0.15, 0.2) is 28.7 Å². The summed E-state index contributed by atoms with van der Waals surface area (Å²) in [5.41, 5.74) is 0.629. The van der Waals surface area contributed by atoms with Crippen LogP contribution in [0.25, 0.3) is 0 Å². The minimum absolute atomic E-state index is 0.288. The summed E-state index contributed by atoms with van der Waals surface area (Å²) >= 11 is 3.27. The summed E-state index contributed by atoms with van der Waals surface area (Å²) < 4.78 is 5.75. The molecule has 1 aromatic rings. The maximum Gasteiger partial charge on any atom is 0.332 e. The zero-order valence-corrected chi connectivity index (χ0v) is 10.7. The molecule has 0 heterocycles. The van der Waals surface area contributed by atoms with E-state index < -0.39 is 12.1 Å². The lowest BCUT2D eigenvalue weighted by Crippen LogP contribution is -2.26. The standard InChI is InChI=1S/C11H12BrNO4/c1-7(11(15)16)17-6-10(14)13-9-4-2-8(12)3-5-9/h2-5,7H,6H2,1H3,(H,13,14)(H,15,16)/t7-/m1/s1. The molecule has 92 valence electrons. The molecule has 0 aliphatic heterocycles. The van der Waals surface area contributed by atoms with Crippen molar-refractivity contribution in [1.82, 2.24) is 0 Å². The van der Waals surface area contributed by atoms with Crippen molar-refractivity contribution in [3.8, 4) is 0 Å². The van der Waals surface area contributed by atoms with Gasteiger partial charge >= 0.3 is 5.97 Å². The smallest absolute Gasteiger partial charge is 0.332 e. The van der Waals surface area contributed by atoms with Crippen LogP contribution < -0.4 is 5.32 Å². The number of halogens is 1. The highest BCUT2D eigenvalue weighted by atomic mass is 79.9. The molecule has 0 bridgehead atoms. The Morgan fingerprint density at radius 1 is 1.41 bits per heavy atom. The molecule has 2 N–H and O–H groups in total. The van der Waals surface area contributed by atoms with Gasteiger partial charge in [-0.1, -0.05) is 15.9 Å². The van der Waals surface area contributed by atoms with Crippen LogP contribution in [0.5, 0.6) is 0 Å². The molecule has 0 unspecified atom stereocenters. The molecule has 0 aromatic heterocycles. The molecule has 1 atom stereocenters. The SMILES string of the molecule is C[C@@H](OCC(=O)Nc1ccc(Br)cc1)C(=O)O. The average Bonchev–Trinajstić information content (AvgIpc) is 2.29. The molecule has 1 amide bonds. The fourth-order valence-corrected chi connectivity index (χ4v) is 1.27. The lowest BCUT2D eigenvalue weighted by atomic mass is 10.3. The highest BCUT2D eigenvalue weighted by Gasteiger charge is 2.13. The van der Waals surface area contributed by atoms with E-state index in [-0.39, 0.29) is 12.5 Å². The minimum atomic E-state index is -1.10. The van der Waals surface area contributed by atoms with E-state index in [1.165, 1.54) is 6.92 Å². The molecule has 0 aliphatic carbocycles. The van der Waals surface area contributed by atoms with Gasteiger partial charge in [0.15, 0.2) is 6.10 Å². The van der Waals surface area contributed by atoms with Gasteiger partial charge in [-0.2, -0.15) is 0 Å². The van der Waals surface area contributed by atoms with E-state index in [4.69, 9.17) is 9.84 Å². The van der Waals surface area contributed by atoms with Gasteiger partial charge in [0.2, 0.25) is 5.91 Å². The molecule has 0 spiro atoms. The number of rotatable bonds is 5. The van der Waals surface area contributed by atoms with E-state index in [0.29, 0.717) is 5.69 Å². The molecule has 0 fully saturated rings. The van der Waals surface area contributed by atoms with Crippen molar-refractivity contribution in [3.63, 3.8) is 0 Å². The third kappa shape index (κ3) is 4.97. The molecule has 5 nitrogen and oxygen atoms in total. The molecular weight excluding hydrogens is 290 g/mol. The van der Waals surface area contributed by atoms with Gasteiger partial charge in [0.25, 0.3) is 0 Å². The Balaban J connectivity index is 2.39. The Bertz CT molecular complexity index is 404. The van der Waals surface area contributed by atoms with Gasteiger partial charge in [-0.25, -0.2) is 4.79 Å². The first-order valence-corrected chi connectivity index (χ1v) is 5.68. The summed E-state index contributed by atoms with van der Waals surface area (Å²) in [5.74, 6) is -1.48. The maximum absolute atomic E-state index is 11.4. The first-order valence-electron chi connectivity index (χ1n) is 4.89. The van der Waals surface area contributed by atoms with Crippen molar-refractivity contribution in [2.24, 2.45) is 0 Å². The second-order valence-electron chi connectivity index (χ2n) is 3.35. The first kappa shape index (κ1) is 13.7. The zero-order chi connectivity index (χ0) is 12.8. The van der Waals surface area contributed by atoms with Crippen molar-refractivity contribution >= 4 is 33.5 Å². The van der Waals surface area contributed by atoms with Crippen LogP contribution in [0.2, 0.25) is 0 Å². The molecule has 0 aliphatic rings. The summed E-state index contributed by atoms with van der Waals surface area (Å²) in [5, 5.41) is 11.1. The summed E-state index contributed by atoms with van der Waals surface area (Å²) in [7, 11) is 0. The number of hydrogen-bond donors (Lipinski definition) is 2. The number of benzene rings is 1. The Morgan fingerprint density at radius 3 is 2.53 bits per heavy atom. The number of carboxylic acid groups (broad SMARTS) is 1. The maximum atomic E-state index is 11.4. The molecule has 1 aromatic carbocycles. The summed E-state index contributed by atoms with van der Waals surface area (Å²) in [4.78, 5) is 21.8. The summed E-state index contributed by atoms with van der Waals surface area (Å²) in [6.07, 6.45) is -0.995. The van der Waals surface area contributed by atoms with E-state index in [0.717, 1.165) is 4.47 Å². The molecule has 0 saturated carbocycles. The van der Waals surface area contributed by atoms with Gasteiger partial charge < -0.3 is 15.2 Å². The average molecular weight is 302 g/mol. The number of carbonyl (C=O) groups excluding carboxylic acids is 1. The third-order valence-corrected chi connectivity index (χ3v) is 2.47. The Hall–Kier alpha value is -1.40. The number of amides is 1. The van der Waals surface area contributed by atoms with Crippen LogP contribution >= 0.6 is 15.9 Å². The van der Waals surface area contributed by atoms with Gasteiger partial charge in [-0.3, -0.25) is 4.79 Å². The monoisotopic (exact) mass is 301 g/mol. The van der Waals surface area contributed by atoms with Gasteiger partial charge in [0.05, 0.1) is 0 Å². The number of carbonyl (C=O) groups is 2. The van der Waals surface area contributed by atoms with Crippen LogP contribution in [0.3, 0.4) is 0 Å². The largest absolute Gasteiger partial charge is 0.479 e.